The molecule has 1 amide bonds. The van der Waals surface area contributed by atoms with Crippen LogP contribution in [0.3, 0.4) is 0 Å². The van der Waals surface area contributed by atoms with E-state index >= 15 is 0 Å². The van der Waals surface area contributed by atoms with Crippen LogP contribution in [0.4, 0.5) is 24.5 Å². The van der Waals surface area contributed by atoms with Gasteiger partial charge in [0.15, 0.2) is 0 Å². The van der Waals surface area contributed by atoms with Gasteiger partial charge in [-0.3, -0.25) is 14.9 Å². The number of hydrogen-bond acceptors (Lipinski definition) is 5. The van der Waals surface area contributed by atoms with Crippen LogP contribution in [0.15, 0.2) is 42.5 Å². The van der Waals surface area contributed by atoms with Crippen molar-refractivity contribution in [3.05, 3.63) is 63.7 Å². The summed E-state index contributed by atoms with van der Waals surface area (Å²) in [5.74, 6) is 0.0293. The highest BCUT2D eigenvalue weighted by Crippen LogP contribution is 2.34. The van der Waals surface area contributed by atoms with Crippen molar-refractivity contribution in [2.24, 2.45) is 0 Å². The van der Waals surface area contributed by atoms with Crippen molar-refractivity contribution in [3.8, 4) is 5.75 Å². The molecule has 2 N–H and O–H groups in total. The number of anilines is 1. The van der Waals surface area contributed by atoms with Gasteiger partial charge in [0, 0.05) is 19.2 Å². The number of nitro benzene ring substituents is 1. The molecular weight excluding hydrogens is 379 g/mol. The second-order valence-electron chi connectivity index (χ2n) is 5.60. The first-order valence-electron chi connectivity index (χ1n) is 8.33. The van der Waals surface area contributed by atoms with E-state index in [2.05, 4.69) is 10.6 Å². The molecule has 28 heavy (non-hydrogen) atoms. The molecule has 0 heterocycles. The Morgan fingerprint density at radius 1 is 1.18 bits per heavy atom. The van der Waals surface area contributed by atoms with Gasteiger partial charge in [0.05, 0.1) is 22.7 Å². The maximum atomic E-state index is 12.7. The van der Waals surface area contributed by atoms with Crippen molar-refractivity contribution in [2.45, 2.75) is 13.1 Å². The zero-order valence-electron chi connectivity index (χ0n) is 14.9. The summed E-state index contributed by atoms with van der Waals surface area (Å²) in [6.07, 6.45) is -4.68. The van der Waals surface area contributed by atoms with E-state index in [1.54, 1.807) is 31.2 Å². The lowest BCUT2D eigenvalue weighted by atomic mass is 10.1. The zero-order valence-corrected chi connectivity index (χ0v) is 14.9. The minimum absolute atomic E-state index is 0.0676. The van der Waals surface area contributed by atoms with Crippen LogP contribution in [-0.2, 0) is 6.18 Å². The van der Waals surface area contributed by atoms with Crippen molar-refractivity contribution in [2.75, 3.05) is 25.0 Å². The number of hydrogen-bond donors (Lipinski definition) is 2. The molecule has 150 valence electrons. The van der Waals surface area contributed by atoms with Crippen LogP contribution in [0.25, 0.3) is 0 Å². The fraction of sp³-hybridized carbons (Fsp3) is 0.278. The fourth-order valence-corrected chi connectivity index (χ4v) is 2.41. The van der Waals surface area contributed by atoms with E-state index in [9.17, 15) is 28.1 Å². The summed E-state index contributed by atoms with van der Waals surface area (Å²) < 4.78 is 43.5. The first-order valence-corrected chi connectivity index (χ1v) is 8.33. The molecule has 2 rings (SSSR count). The number of ether oxygens (including phenoxy) is 1. The summed E-state index contributed by atoms with van der Waals surface area (Å²) in [6, 6.07) is 8.88. The second-order valence-corrected chi connectivity index (χ2v) is 5.60. The van der Waals surface area contributed by atoms with Crippen molar-refractivity contribution in [1.82, 2.24) is 5.32 Å². The van der Waals surface area contributed by atoms with Crippen LogP contribution < -0.4 is 15.4 Å². The summed E-state index contributed by atoms with van der Waals surface area (Å²) in [7, 11) is 0. The van der Waals surface area contributed by atoms with Crippen LogP contribution in [0.1, 0.15) is 22.8 Å². The lowest BCUT2D eigenvalue weighted by Gasteiger charge is -2.12. The summed E-state index contributed by atoms with van der Waals surface area (Å²) in [5.41, 5.74) is -1.53. The molecule has 0 aliphatic carbocycles. The average Bonchev–Trinajstić information content (AvgIpc) is 2.65. The molecule has 0 aromatic heterocycles. The maximum absolute atomic E-state index is 12.7. The van der Waals surface area contributed by atoms with E-state index < -0.39 is 28.3 Å². The SMILES string of the molecule is CCOc1ccccc1C(=O)NCCNc1ccc(C(F)(F)F)cc1[N+](=O)[O-]. The van der Waals surface area contributed by atoms with Crippen LogP contribution in [0, 0.1) is 10.1 Å². The number of amides is 1. The number of halogens is 3. The lowest BCUT2D eigenvalue weighted by molar-refractivity contribution is -0.384. The van der Waals surface area contributed by atoms with Crippen molar-refractivity contribution >= 4 is 17.3 Å². The van der Waals surface area contributed by atoms with Gasteiger partial charge in [-0.25, -0.2) is 0 Å². The van der Waals surface area contributed by atoms with E-state index in [1.165, 1.54) is 0 Å². The monoisotopic (exact) mass is 397 g/mol. The molecular formula is C18H18F3N3O4. The van der Waals surface area contributed by atoms with Gasteiger partial charge in [-0.2, -0.15) is 13.2 Å². The summed E-state index contributed by atoms with van der Waals surface area (Å²) in [4.78, 5) is 22.4. The summed E-state index contributed by atoms with van der Waals surface area (Å²) in [5, 5.41) is 16.3. The predicted octanol–water partition coefficient (Wildman–Crippen LogP) is 3.85. The normalized spacial score (nSPS) is 11.0. The van der Waals surface area contributed by atoms with Gasteiger partial charge in [0.2, 0.25) is 0 Å². The quantitative estimate of drug-likeness (QED) is 0.401. The number of nitrogens with one attached hydrogen (secondary N) is 2. The van der Waals surface area contributed by atoms with E-state index in [0.717, 1.165) is 12.1 Å². The smallest absolute Gasteiger partial charge is 0.416 e. The number of nitro groups is 1. The van der Waals surface area contributed by atoms with Crippen LogP contribution >= 0.6 is 0 Å². The fourth-order valence-electron chi connectivity index (χ4n) is 2.41. The molecule has 0 bridgehead atoms. The third-order valence-corrected chi connectivity index (χ3v) is 3.68. The Balaban J connectivity index is 1.98. The molecule has 2 aromatic rings. The van der Waals surface area contributed by atoms with E-state index in [0.29, 0.717) is 24.0 Å². The van der Waals surface area contributed by atoms with Gasteiger partial charge >= 0.3 is 6.18 Å². The highest BCUT2D eigenvalue weighted by Gasteiger charge is 2.33. The number of alkyl halides is 3. The first-order chi connectivity index (χ1) is 13.2. The van der Waals surface area contributed by atoms with Crippen molar-refractivity contribution in [3.63, 3.8) is 0 Å². The predicted molar refractivity (Wildman–Crippen MR) is 96.5 cm³/mol. The van der Waals surface area contributed by atoms with Gasteiger partial charge < -0.3 is 15.4 Å². The number of nitrogens with zero attached hydrogens (tertiary/aromatic N) is 1. The Labute approximate surface area is 158 Å². The molecule has 0 spiro atoms. The van der Waals surface area contributed by atoms with Gasteiger partial charge in [0.1, 0.15) is 11.4 Å². The molecule has 0 unspecified atom stereocenters. The zero-order chi connectivity index (χ0) is 20.7. The van der Waals surface area contributed by atoms with Gasteiger partial charge in [-0.1, -0.05) is 12.1 Å². The Bertz CT molecular complexity index is 856. The molecule has 2 aromatic carbocycles. The van der Waals surface area contributed by atoms with Crippen LogP contribution in [0.2, 0.25) is 0 Å². The third kappa shape index (κ3) is 5.35. The summed E-state index contributed by atoms with van der Waals surface area (Å²) >= 11 is 0. The number of benzene rings is 2. The van der Waals surface area contributed by atoms with E-state index in [4.69, 9.17) is 4.74 Å². The number of carbonyl (C=O) groups excluding carboxylic acids is 1. The van der Waals surface area contributed by atoms with Crippen molar-refractivity contribution in [1.29, 1.82) is 0 Å². The van der Waals surface area contributed by atoms with Gasteiger partial charge in [0.25, 0.3) is 11.6 Å². The second kappa shape index (κ2) is 9.07. The highest BCUT2D eigenvalue weighted by atomic mass is 19.4. The topological polar surface area (TPSA) is 93.5 Å². The maximum Gasteiger partial charge on any atom is 0.416 e. The minimum Gasteiger partial charge on any atom is -0.493 e. The van der Waals surface area contributed by atoms with E-state index in [1.807, 2.05) is 0 Å². The molecule has 0 fully saturated rings. The Kier molecular flexibility index (Phi) is 6.80. The molecule has 0 aliphatic heterocycles. The molecule has 0 aliphatic rings. The third-order valence-electron chi connectivity index (χ3n) is 3.68. The Hall–Kier alpha value is -3.30. The van der Waals surface area contributed by atoms with Crippen LogP contribution in [-0.4, -0.2) is 30.5 Å². The van der Waals surface area contributed by atoms with Crippen molar-refractivity contribution < 1.29 is 27.6 Å². The Morgan fingerprint density at radius 2 is 1.89 bits per heavy atom. The standard InChI is InChI=1S/C18H18F3N3O4/c1-2-28-16-6-4-3-5-13(16)17(25)23-10-9-22-14-8-7-12(18(19,20)21)11-15(14)24(26)27/h3-8,11,22H,2,9-10H2,1H3,(H,23,25). The highest BCUT2D eigenvalue weighted by molar-refractivity contribution is 5.96. The Morgan fingerprint density at radius 3 is 2.54 bits per heavy atom. The largest absolute Gasteiger partial charge is 0.493 e. The van der Waals surface area contributed by atoms with Gasteiger partial charge in [-0.15, -0.1) is 0 Å². The van der Waals surface area contributed by atoms with Gasteiger partial charge in [-0.05, 0) is 31.2 Å². The van der Waals surface area contributed by atoms with E-state index in [-0.39, 0.29) is 18.8 Å². The minimum atomic E-state index is -4.68. The molecule has 0 saturated carbocycles. The van der Waals surface area contributed by atoms with Crippen LogP contribution in [0.5, 0.6) is 5.75 Å². The first kappa shape index (κ1) is 21.0. The lowest BCUT2D eigenvalue weighted by Crippen LogP contribution is -2.29. The average molecular weight is 397 g/mol. The number of para-hydroxylation sites is 1. The number of rotatable bonds is 8. The molecule has 7 nitrogen and oxygen atoms in total. The molecule has 10 heteroatoms. The molecule has 0 atom stereocenters. The number of carbonyl (C=O) groups is 1. The molecule has 0 radical (unpaired) electrons. The summed E-state index contributed by atoms with van der Waals surface area (Å²) in [6.45, 7) is 2.35. The molecule has 0 saturated heterocycles.